The number of aliphatic hydroxyl groups excluding tert-OH is 1. The Bertz CT molecular complexity index is 687. The average Bonchev–Trinajstić information content (AvgIpc) is 2.86. The van der Waals surface area contributed by atoms with Crippen LogP contribution >= 0.6 is 0 Å². The van der Waals surface area contributed by atoms with Crippen LogP contribution in [0.5, 0.6) is 0 Å². The molecule has 2 heterocycles. The number of aromatic nitrogens is 2. The van der Waals surface area contributed by atoms with Gasteiger partial charge in [0.15, 0.2) is 0 Å². The zero-order valence-corrected chi connectivity index (χ0v) is 11.1. The maximum atomic E-state index is 12.5. The molecule has 1 aliphatic rings. The van der Waals surface area contributed by atoms with Crippen LogP contribution in [0.15, 0.2) is 29.3 Å². The second-order valence-corrected chi connectivity index (χ2v) is 6.69. The number of piperidine rings is 1. The molecule has 0 aliphatic carbocycles. The third-order valence-electron chi connectivity index (χ3n) is 3.47. The molecule has 1 saturated heterocycles. The Morgan fingerprint density at radius 3 is 2.79 bits per heavy atom. The normalized spacial score (nSPS) is 19.0. The summed E-state index contributed by atoms with van der Waals surface area (Å²) in [4.78, 5) is 0.276. The molecule has 19 heavy (non-hydrogen) atoms. The van der Waals surface area contributed by atoms with Crippen LogP contribution in [0, 0.1) is 0 Å². The number of fused-ring (bicyclic) bond motifs is 1. The minimum Gasteiger partial charge on any atom is -0.393 e. The fraction of sp³-hybridized carbons (Fsp3) is 0.417. The smallest absolute Gasteiger partial charge is 0.243 e. The number of aliphatic hydroxyl groups is 1. The zero-order chi connectivity index (χ0) is 13.5. The highest BCUT2D eigenvalue weighted by atomic mass is 32.2. The van der Waals surface area contributed by atoms with Crippen molar-refractivity contribution >= 4 is 20.9 Å². The van der Waals surface area contributed by atoms with Gasteiger partial charge in [0, 0.05) is 18.5 Å². The van der Waals surface area contributed by atoms with E-state index in [9.17, 15) is 13.5 Å². The van der Waals surface area contributed by atoms with Gasteiger partial charge in [0.2, 0.25) is 10.0 Å². The number of hydrogen-bond donors (Lipinski definition) is 2. The summed E-state index contributed by atoms with van der Waals surface area (Å²) in [6.45, 7) is 0.736. The summed E-state index contributed by atoms with van der Waals surface area (Å²) < 4.78 is 26.4. The number of nitrogens with one attached hydrogen (secondary N) is 1. The van der Waals surface area contributed by atoms with Crippen molar-refractivity contribution in [1.82, 2.24) is 14.5 Å². The highest BCUT2D eigenvalue weighted by Gasteiger charge is 2.28. The summed E-state index contributed by atoms with van der Waals surface area (Å²) >= 11 is 0. The van der Waals surface area contributed by atoms with Crippen molar-refractivity contribution in [2.24, 2.45) is 0 Å². The summed E-state index contributed by atoms with van der Waals surface area (Å²) in [5, 5.41) is 16.9. The Labute approximate surface area is 111 Å². The second-order valence-electron chi connectivity index (χ2n) is 4.75. The van der Waals surface area contributed by atoms with Gasteiger partial charge < -0.3 is 5.11 Å². The minimum absolute atomic E-state index is 0.276. The quantitative estimate of drug-likeness (QED) is 0.848. The lowest BCUT2D eigenvalue weighted by Crippen LogP contribution is -2.39. The number of benzene rings is 1. The largest absolute Gasteiger partial charge is 0.393 e. The van der Waals surface area contributed by atoms with Gasteiger partial charge in [-0.25, -0.2) is 8.42 Å². The second kappa shape index (κ2) is 4.59. The van der Waals surface area contributed by atoms with Crippen LogP contribution in [0.3, 0.4) is 0 Å². The number of aromatic amines is 1. The van der Waals surface area contributed by atoms with E-state index in [1.807, 2.05) is 0 Å². The standard InChI is InChI=1S/C12H15N3O3S/c16-10-3-5-15(6-4-10)19(17,18)11-1-2-12-9(7-11)8-13-14-12/h1-2,7-8,10,16H,3-6H2,(H,13,14). The molecule has 1 aliphatic heterocycles. The van der Waals surface area contributed by atoms with E-state index < -0.39 is 10.0 Å². The first kappa shape index (κ1) is 12.6. The first-order valence-electron chi connectivity index (χ1n) is 6.19. The van der Waals surface area contributed by atoms with Gasteiger partial charge >= 0.3 is 0 Å². The molecule has 2 N–H and O–H groups in total. The van der Waals surface area contributed by atoms with Crippen LogP contribution in [0.2, 0.25) is 0 Å². The molecule has 1 aromatic heterocycles. The van der Waals surface area contributed by atoms with Crippen LogP contribution in [0.1, 0.15) is 12.8 Å². The van der Waals surface area contributed by atoms with Crippen molar-refractivity contribution < 1.29 is 13.5 Å². The molecule has 102 valence electrons. The van der Waals surface area contributed by atoms with Crippen molar-refractivity contribution in [3.05, 3.63) is 24.4 Å². The molecular formula is C12H15N3O3S. The zero-order valence-electron chi connectivity index (χ0n) is 10.3. The fourth-order valence-electron chi connectivity index (χ4n) is 2.31. The van der Waals surface area contributed by atoms with Gasteiger partial charge in [0.1, 0.15) is 0 Å². The molecule has 7 heteroatoms. The Kier molecular flexibility index (Phi) is 3.04. The maximum Gasteiger partial charge on any atom is 0.243 e. The van der Waals surface area contributed by atoms with Crippen molar-refractivity contribution in [3.8, 4) is 0 Å². The molecule has 0 amide bonds. The van der Waals surface area contributed by atoms with Crippen LogP contribution < -0.4 is 0 Å². The molecular weight excluding hydrogens is 266 g/mol. The lowest BCUT2D eigenvalue weighted by molar-refractivity contribution is 0.113. The van der Waals surface area contributed by atoms with Gasteiger partial charge in [0.05, 0.1) is 22.7 Å². The van der Waals surface area contributed by atoms with Crippen LogP contribution in [0.4, 0.5) is 0 Å². The lowest BCUT2D eigenvalue weighted by Gasteiger charge is -2.28. The Balaban J connectivity index is 1.94. The molecule has 0 saturated carbocycles. The lowest BCUT2D eigenvalue weighted by atomic mass is 10.1. The van der Waals surface area contributed by atoms with E-state index in [1.54, 1.807) is 24.4 Å². The van der Waals surface area contributed by atoms with Gasteiger partial charge in [-0.2, -0.15) is 9.40 Å². The highest BCUT2D eigenvalue weighted by Crippen LogP contribution is 2.23. The summed E-state index contributed by atoms with van der Waals surface area (Å²) in [6.07, 6.45) is 2.21. The van der Waals surface area contributed by atoms with Crippen molar-refractivity contribution in [1.29, 1.82) is 0 Å². The van der Waals surface area contributed by atoms with Gasteiger partial charge in [0.25, 0.3) is 0 Å². The van der Waals surface area contributed by atoms with E-state index in [0.29, 0.717) is 25.9 Å². The van der Waals surface area contributed by atoms with Gasteiger partial charge in [-0.05, 0) is 31.0 Å². The number of hydrogen-bond acceptors (Lipinski definition) is 4. The van der Waals surface area contributed by atoms with Crippen LogP contribution in [-0.2, 0) is 10.0 Å². The summed E-state index contributed by atoms with van der Waals surface area (Å²) in [5.74, 6) is 0. The maximum absolute atomic E-state index is 12.5. The predicted octanol–water partition coefficient (Wildman–Crippen LogP) is 0.708. The molecule has 2 aromatic rings. The molecule has 6 nitrogen and oxygen atoms in total. The fourth-order valence-corrected chi connectivity index (χ4v) is 3.82. The molecule has 1 fully saturated rings. The third kappa shape index (κ3) is 2.24. The van der Waals surface area contributed by atoms with Crippen molar-refractivity contribution in [2.45, 2.75) is 23.8 Å². The molecule has 0 unspecified atom stereocenters. The highest BCUT2D eigenvalue weighted by molar-refractivity contribution is 7.89. The van der Waals surface area contributed by atoms with E-state index in [4.69, 9.17) is 0 Å². The number of rotatable bonds is 2. The Hall–Kier alpha value is -1.44. The average molecular weight is 281 g/mol. The van der Waals surface area contributed by atoms with Gasteiger partial charge in [-0.15, -0.1) is 0 Å². The van der Waals surface area contributed by atoms with Gasteiger partial charge in [-0.3, -0.25) is 5.10 Å². The molecule has 0 radical (unpaired) electrons. The van der Waals surface area contributed by atoms with Gasteiger partial charge in [-0.1, -0.05) is 0 Å². The molecule has 0 atom stereocenters. The monoisotopic (exact) mass is 281 g/mol. The van der Waals surface area contributed by atoms with E-state index in [2.05, 4.69) is 10.2 Å². The topological polar surface area (TPSA) is 86.3 Å². The number of sulfonamides is 1. The van der Waals surface area contributed by atoms with Crippen molar-refractivity contribution in [3.63, 3.8) is 0 Å². The predicted molar refractivity (Wildman–Crippen MR) is 70.1 cm³/mol. The molecule has 1 aromatic carbocycles. The molecule has 0 spiro atoms. The number of nitrogens with zero attached hydrogens (tertiary/aromatic N) is 2. The first-order valence-corrected chi connectivity index (χ1v) is 7.63. The minimum atomic E-state index is -3.47. The van der Waals surface area contributed by atoms with E-state index in [-0.39, 0.29) is 11.0 Å². The van der Waals surface area contributed by atoms with E-state index >= 15 is 0 Å². The Morgan fingerprint density at radius 2 is 2.05 bits per heavy atom. The molecule has 3 rings (SSSR count). The summed E-state index contributed by atoms with van der Waals surface area (Å²) in [6, 6.07) is 4.92. The van der Waals surface area contributed by atoms with Crippen molar-refractivity contribution in [2.75, 3.05) is 13.1 Å². The van der Waals surface area contributed by atoms with Crippen LogP contribution in [-0.4, -0.2) is 47.2 Å². The first-order chi connectivity index (χ1) is 9.07. The summed E-state index contributed by atoms with van der Waals surface area (Å²) in [7, 11) is -3.47. The number of H-pyrrole nitrogens is 1. The SMILES string of the molecule is O=S(=O)(c1ccc2[nH]ncc2c1)N1CCC(O)CC1. The molecule has 0 bridgehead atoms. The van der Waals surface area contributed by atoms with E-state index in [1.165, 1.54) is 4.31 Å². The Morgan fingerprint density at radius 1 is 1.32 bits per heavy atom. The van der Waals surface area contributed by atoms with Crippen LogP contribution in [0.25, 0.3) is 10.9 Å². The summed E-state index contributed by atoms with van der Waals surface area (Å²) in [5.41, 5.74) is 0.813. The third-order valence-corrected chi connectivity index (χ3v) is 5.37. The van der Waals surface area contributed by atoms with E-state index in [0.717, 1.165) is 10.9 Å².